The summed E-state index contributed by atoms with van der Waals surface area (Å²) < 4.78 is 1.62. The smallest absolute Gasteiger partial charge is 0.144 e. The zero-order chi connectivity index (χ0) is 18.0. The van der Waals surface area contributed by atoms with E-state index in [4.69, 9.17) is 0 Å². The van der Waals surface area contributed by atoms with Gasteiger partial charge in [-0.05, 0) is 37.5 Å². The minimum Gasteiger partial charge on any atom is -0.376 e. The van der Waals surface area contributed by atoms with Crippen molar-refractivity contribution in [2.75, 3.05) is 5.32 Å². The van der Waals surface area contributed by atoms with Gasteiger partial charge < -0.3 is 19.4 Å². The van der Waals surface area contributed by atoms with Crippen LogP contribution in [0.25, 0.3) is 5.52 Å². The normalized spacial score (nSPS) is 10.4. The van der Waals surface area contributed by atoms with Crippen LogP contribution in [0.5, 0.6) is 0 Å². The van der Waals surface area contributed by atoms with Gasteiger partial charge >= 0.3 is 0 Å². The molecule has 0 bridgehead atoms. The third kappa shape index (κ3) is 4.07. The van der Waals surface area contributed by atoms with Crippen LogP contribution in [0.2, 0.25) is 0 Å². The van der Waals surface area contributed by atoms with Crippen molar-refractivity contribution < 1.29 is 30.7 Å². The first-order valence-electron chi connectivity index (χ1n) is 8.06. The fourth-order valence-electron chi connectivity index (χ4n) is 2.76. The van der Waals surface area contributed by atoms with E-state index in [0.717, 1.165) is 27.9 Å². The first-order valence-corrected chi connectivity index (χ1v) is 8.06. The molecule has 7 heteroatoms. The SMILES string of the molecule is CC(=O)CCc1ccc(C)c(Nc2ncnn3cc([C-]=O)c(C)c23)c1.[W]. The molecule has 134 valence electrons. The van der Waals surface area contributed by atoms with Gasteiger partial charge in [0.25, 0.3) is 0 Å². The number of carbonyl (C=O) groups is 1. The molecule has 0 spiro atoms. The molecular formula is C19H19N4O2W-. The Morgan fingerprint density at radius 3 is 2.77 bits per heavy atom. The summed E-state index contributed by atoms with van der Waals surface area (Å²) in [6.07, 6.45) is 6.24. The molecule has 0 radical (unpaired) electrons. The van der Waals surface area contributed by atoms with E-state index in [-0.39, 0.29) is 26.8 Å². The zero-order valence-corrected chi connectivity index (χ0v) is 17.8. The zero-order valence-electron chi connectivity index (χ0n) is 14.9. The van der Waals surface area contributed by atoms with Gasteiger partial charge in [-0.3, -0.25) is 0 Å². The van der Waals surface area contributed by atoms with Gasteiger partial charge in [-0.2, -0.15) is 5.10 Å². The molecule has 0 aliphatic heterocycles. The average Bonchev–Trinajstić information content (AvgIpc) is 2.92. The first kappa shape index (κ1) is 20.0. The largest absolute Gasteiger partial charge is 0.376 e. The summed E-state index contributed by atoms with van der Waals surface area (Å²) in [5, 5.41) is 7.49. The number of hydrogen-bond donors (Lipinski definition) is 1. The Labute approximate surface area is 166 Å². The predicted molar refractivity (Wildman–Crippen MR) is 96.0 cm³/mol. The number of hydrogen-bond acceptors (Lipinski definition) is 5. The summed E-state index contributed by atoms with van der Waals surface area (Å²) in [6.45, 7) is 5.45. The molecule has 1 aromatic carbocycles. The van der Waals surface area contributed by atoms with Crippen LogP contribution in [0.15, 0.2) is 30.7 Å². The van der Waals surface area contributed by atoms with Crippen molar-refractivity contribution in [2.24, 2.45) is 0 Å². The molecule has 0 saturated heterocycles. The van der Waals surface area contributed by atoms with Crippen LogP contribution in [0, 0.1) is 13.8 Å². The molecule has 3 aromatic rings. The molecule has 3 rings (SSSR count). The number of Topliss-reactive ketones (excluding diaryl/α,β-unsaturated/α-hetero) is 1. The average molecular weight is 519 g/mol. The fourth-order valence-corrected chi connectivity index (χ4v) is 2.76. The molecule has 0 atom stereocenters. The van der Waals surface area contributed by atoms with E-state index in [9.17, 15) is 9.59 Å². The number of nitrogens with one attached hydrogen (secondary N) is 1. The van der Waals surface area contributed by atoms with Crippen LogP contribution >= 0.6 is 0 Å². The van der Waals surface area contributed by atoms with Crippen molar-refractivity contribution in [3.05, 3.63) is 53.0 Å². The number of carbonyl (C=O) groups excluding carboxylic acids is 2. The van der Waals surface area contributed by atoms with Gasteiger partial charge in [0.2, 0.25) is 0 Å². The van der Waals surface area contributed by atoms with E-state index in [2.05, 4.69) is 15.4 Å². The number of benzene rings is 1. The monoisotopic (exact) mass is 519 g/mol. The number of anilines is 2. The van der Waals surface area contributed by atoms with Gasteiger partial charge in [-0.1, -0.05) is 25.3 Å². The van der Waals surface area contributed by atoms with Crippen molar-refractivity contribution in [2.45, 2.75) is 33.6 Å². The second kappa shape index (κ2) is 8.37. The van der Waals surface area contributed by atoms with Crippen molar-refractivity contribution in [3.63, 3.8) is 0 Å². The Morgan fingerprint density at radius 2 is 2.08 bits per heavy atom. The molecule has 6 nitrogen and oxygen atoms in total. The van der Waals surface area contributed by atoms with Crippen molar-refractivity contribution in [3.8, 4) is 0 Å². The molecule has 0 saturated carbocycles. The van der Waals surface area contributed by atoms with E-state index in [0.29, 0.717) is 24.2 Å². The summed E-state index contributed by atoms with van der Waals surface area (Å²) in [6, 6.07) is 6.08. The molecular weight excluding hydrogens is 500 g/mol. The van der Waals surface area contributed by atoms with Gasteiger partial charge in [0.15, 0.2) is 0 Å². The Bertz CT molecular complexity index is 966. The minimum absolute atomic E-state index is 0. The first-order chi connectivity index (χ1) is 12.0. The van der Waals surface area contributed by atoms with Crippen molar-refractivity contribution in [1.82, 2.24) is 14.6 Å². The topological polar surface area (TPSA) is 76.4 Å². The Balaban J connectivity index is 0.00000243. The summed E-state index contributed by atoms with van der Waals surface area (Å²) in [7, 11) is 0. The van der Waals surface area contributed by atoms with Crippen LogP contribution in [-0.4, -0.2) is 26.7 Å². The Hall–Kier alpha value is -2.33. The Morgan fingerprint density at radius 1 is 1.31 bits per heavy atom. The number of nitrogens with zero attached hydrogens (tertiary/aromatic N) is 3. The van der Waals surface area contributed by atoms with Gasteiger partial charge in [-0.15, -0.1) is 11.1 Å². The number of rotatable bonds is 6. The molecule has 0 unspecified atom stereocenters. The minimum atomic E-state index is 0. The van der Waals surface area contributed by atoms with Crippen LogP contribution in [-0.2, 0) is 37.1 Å². The van der Waals surface area contributed by atoms with Crippen LogP contribution in [0.4, 0.5) is 11.5 Å². The van der Waals surface area contributed by atoms with Crippen LogP contribution in [0.1, 0.15) is 35.6 Å². The molecule has 2 aromatic heterocycles. The molecule has 2 heterocycles. The van der Waals surface area contributed by atoms with E-state index >= 15 is 0 Å². The maximum Gasteiger partial charge on any atom is 0.144 e. The van der Waals surface area contributed by atoms with Crippen LogP contribution in [0.3, 0.4) is 0 Å². The number of ketones is 1. The molecule has 0 amide bonds. The predicted octanol–water partition coefficient (Wildman–Crippen LogP) is 3.07. The van der Waals surface area contributed by atoms with Gasteiger partial charge in [0.05, 0.1) is 6.29 Å². The van der Waals surface area contributed by atoms with Gasteiger partial charge in [0, 0.05) is 38.7 Å². The molecule has 1 N–H and O–H groups in total. The van der Waals surface area contributed by atoms with E-state index < -0.39 is 0 Å². The van der Waals surface area contributed by atoms with E-state index in [1.165, 1.54) is 6.33 Å². The van der Waals surface area contributed by atoms with Gasteiger partial charge in [0.1, 0.15) is 17.9 Å². The summed E-state index contributed by atoms with van der Waals surface area (Å²) in [5.41, 5.74) is 5.06. The second-order valence-electron chi connectivity index (χ2n) is 6.15. The summed E-state index contributed by atoms with van der Waals surface area (Å²) >= 11 is 0. The van der Waals surface area contributed by atoms with E-state index in [1.54, 1.807) is 17.6 Å². The fraction of sp³-hybridized carbons (Fsp3) is 0.263. The quantitative estimate of drug-likeness (QED) is 0.507. The van der Waals surface area contributed by atoms with Crippen molar-refractivity contribution >= 4 is 29.1 Å². The maximum atomic E-state index is 11.2. The molecule has 0 aliphatic rings. The van der Waals surface area contributed by atoms with Crippen molar-refractivity contribution in [1.29, 1.82) is 0 Å². The standard InChI is InChI=1S/C19H19N4O2.W/c1-12-4-6-15(7-5-13(2)25)8-17(12)22-19-18-14(3)16(10-24)9-23(18)21-11-20-19;/h4,6,8-9,11H,5,7H2,1-3H3,(H,20,21,22);/q-1;. The summed E-state index contributed by atoms with van der Waals surface area (Å²) in [5.74, 6) is 0.801. The molecule has 0 fully saturated rings. The third-order valence-corrected chi connectivity index (χ3v) is 4.26. The molecule has 0 aliphatic carbocycles. The van der Waals surface area contributed by atoms with Crippen LogP contribution < -0.4 is 5.32 Å². The Kier molecular flexibility index (Phi) is 6.43. The van der Waals surface area contributed by atoms with Gasteiger partial charge in [-0.25, -0.2) is 4.98 Å². The summed E-state index contributed by atoms with van der Waals surface area (Å²) in [4.78, 5) is 26.6. The number of fused-ring (bicyclic) bond motifs is 1. The number of aryl methyl sites for hydroxylation is 3. The molecule has 26 heavy (non-hydrogen) atoms. The third-order valence-electron chi connectivity index (χ3n) is 4.26. The maximum absolute atomic E-state index is 11.2. The number of aromatic nitrogens is 3. The van der Waals surface area contributed by atoms with E-state index in [1.807, 2.05) is 38.3 Å². The second-order valence-corrected chi connectivity index (χ2v) is 6.15.